The first kappa shape index (κ1) is 9.44. The van der Waals surface area contributed by atoms with Crippen LogP contribution in [0.5, 0.6) is 5.75 Å². The molecule has 0 atom stereocenters. The fourth-order valence-electron chi connectivity index (χ4n) is 0.804. The van der Waals surface area contributed by atoms with E-state index < -0.39 is 5.82 Å². The maximum Gasteiger partial charge on any atom is 0.138 e. The Bertz CT molecular complexity index is 293. The van der Waals surface area contributed by atoms with Gasteiger partial charge < -0.3 is 5.11 Å². The van der Waals surface area contributed by atoms with E-state index >= 15 is 0 Å². The van der Waals surface area contributed by atoms with Crippen molar-refractivity contribution in [3.05, 3.63) is 28.0 Å². The third-order valence-corrected chi connectivity index (χ3v) is 2.04. The van der Waals surface area contributed by atoms with Gasteiger partial charge in [-0.25, -0.2) is 10.3 Å². The predicted octanol–water partition coefficient (Wildman–Crippen LogP) is 1.68. The zero-order valence-electron chi connectivity index (χ0n) is 6.05. The molecule has 1 aromatic rings. The van der Waals surface area contributed by atoms with Crippen LogP contribution in [0.25, 0.3) is 0 Å². The van der Waals surface area contributed by atoms with Crippen molar-refractivity contribution in [3.8, 4) is 5.75 Å². The van der Waals surface area contributed by atoms with E-state index in [1.54, 1.807) is 0 Å². The lowest BCUT2D eigenvalue weighted by atomic mass is 10.2. The van der Waals surface area contributed by atoms with E-state index in [-0.39, 0.29) is 17.9 Å². The van der Waals surface area contributed by atoms with Crippen molar-refractivity contribution in [1.82, 2.24) is 0 Å². The molecule has 3 N–H and O–H groups in total. The van der Waals surface area contributed by atoms with E-state index in [0.29, 0.717) is 4.47 Å². The fraction of sp³-hybridized carbons (Fsp3) is 0.143. The van der Waals surface area contributed by atoms with Crippen molar-refractivity contribution < 1.29 is 14.3 Å². The predicted molar refractivity (Wildman–Crippen MR) is 44.7 cm³/mol. The van der Waals surface area contributed by atoms with E-state index in [1.807, 2.05) is 0 Å². The van der Waals surface area contributed by atoms with Crippen molar-refractivity contribution in [2.24, 2.45) is 5.90 Å². The second-order valence-corrected chi connectivity index (χ2v) is 3.02. The van der Waals surface area contributed by atoms with E-state index in [0.717, 1.165) is 0 Å². The number of nitrogens with two attached hydrogens (primary N) is 1. The van der Waals surface area contributed by atoms with Crippen molar-refractivity contribution in [1.29, 1.82) is 0 Å². The van der Waals surface area contributed by atoms with Gasteiger partial charge in [-0.3, -0.25) is 4.84 Å². The summed E-state index contributed by atoms with van der Waals surface area (Å²) in [5.74, 6) is 4.03. The van der Waals surface area contributed by atoms with Crippen LogP contribution < -0.4 is 5.90 Å². The Balaban J connectivity index is 3.14. The molecule has 0 saturated heterocycles. The molecule has 0 heterocycles. The second-order valence-electron chi connectivity index (χ2n) is 2.17. The number of aromatic hydroxyl groups is 1. The van der Waals surface area contributed by atoms with E-state index in [1.165, 1.54) is 12.1 Å². The maximum atomic E-state index is 12.9. The van der Waals surface area contributed by atoms with Crippen LogP contribution in [0.4, 0.5) is 4.39 Å². The molecule has 0 spiro atoms. The zero-order chi connectivity index (χ0) is 9.14. The van der Waals surface area contributed by atoms with Crippen LogP contribution in [0.15, 0.2) is 16.6 Å². The molecular weight excluding hydrogens is 229 g/mol. The van der Waals surface area contributed by atoms with E-state index in [2.05, 4.69) is 20.8 Å². The molecule has 0 amide bonds. The van der Waals surface area contributed by atoms with E-state index in [4.69, 9.17) is 5.90 Å². The van der Waals surface area contributed by atoms with E-state index in [9.17, 15) is 9.50 Å². The van der Waals surface area contributed by atoms with Gasteiger partial charge in [0.15, 0.2) is 0 Å². The van der Waals surface area contributed by atoms with Crippen molar-refractivity contribution in [2.45, 2.75) is 6.61 Å². The maximum absolute atomic E-state index is 12.9. The second kappa shape index (κ2) is 3.84. The zero-order valence-corrected chi connectivity index (χ0v) is 7.64. The largest absolute Gasteiger partial charge is 0.506 e. The monoisotopic (exact) mass is 235 g/mol. The summed E-state index contributed by atoms with van der Waals surface area (Å²) < 4.78 is 13.3. The lowest BCUT2D eigenvalue weighted by Crippen LogP contribution is -2.01. The third kappa shape index (κ3) is 1.74. The summed E-state index contributed by atoms with van der Waals surface area (Å²) in [5, 5.41) is 9.29. The van der Waals surface area contributed by atoms with Gasteiger partial charge in [-0.15, -0.1) is 0 Å². The molecule has 1 rings (SSSR count). The molecule has 0 radical (unpaired) electrons. The summed E-state index contributed by atoms with van der Waals surface area (Å²) >= 11 is 3.04. The molecule has 3 nitrogen and oxygen atoms in total. The minimum Gasteiger partial charge on any atom is -0.506 e. The summed E-state index contributed by atoms with van der Waals surface area (Å²) in [5.41, 5.74) is 0.0480. The van der Waals surface area contributed by atoms with Gasteiger partial charge in [0.05, 0.1) is 16.6 Å². The van der Waals surface area contributed by atoms with Gasteiger partial charge in [0.1, 0.15) is 11.6 Å². The van der Waals surface area contributed by atoms with Gasteiger partial charge in [0.2, 0.25) is 0 Å². The van der Waals surface area contributed by atoms with Gasteiger partial charge in [-0.2, -0.15) is 0 Å². The molecule has 0 aromatic heterocycles. The van der Waals surface area contributed by atoms with Gasteiger partial charge in [0, 0.05) is 0 Å². The minimum absolute atomic E-state index is 0.0480. The van der Waals surface area contributed by atoms with Crippen LogP contribution in [0.2, 0.25) is 0 Å². The highest BCUT2D eigenvalue weighted by Gasteiger charge is 2.10. The molecule has 66 valence electrons. The minimum atomic E-state index is -0.541. The highest BCUT2D eigenvalue weighted by molar-refractivity contribution is 9.10. The highest BCUT2D eigenvalue weighted by Crippen LogP contribution is 2.29. The number of hydrogen-bond donors (Lipinski definition) is 2. The average Bonchev–Trinajstić information content (AvgIpc) is 2.06. The molecule has 0 aliphatic carbocycles. The number of halogens is 2. The first-order valence-corrected chi connectivity index (χ1v) is 3.93. The first-order chi connectivity index (χ1) is 5.66. The van der Waals surface area contributed by atoms with Crippen LogP contribution in [-0.2, 0) is 11.4 Å². The Morgan fingerprint density at radius 2 is 2.25 bits per heavy atom. The Morgan fingerprint density at radius 3 is 2.83 bits per heavy atom. The number of phenolic OH excluding ortho intramolecular Hbond substituents is 1. The topological polar surface area (TPSA) is 55.5 Å². The Labute approximate surface area is 77.0 Å². The van der Waals surface area contributed by atoms with Crippen molar-refractivity contribution in [3.63, 3.8) is 0 Å². The van der Waals surface area contributed by atoms with Crippen molar-refractivity contribution >= 4 is 15.9 Å². The number of phenols is 1. The normalized spacial score (nSPS) is 10.2. The van der Waals surface area contributed by atoms with Gasteiger partial charge in [-0.05, 0) is 28.1 Å². The molecular formula is C7H7BrFNO2. The molecule has 1 aromatic carbocycles. The van der Waals surface area contributed by atoms with Crippen LogP contribution >= 0.6 is 15.9 Å². The number of hydrogen-bond acceptors (Lipinski definition) is 3. The smallest absolute Gasteiger partial charge is 0.138 e. The summed E-state index contributed by atoms with van der Waals surface area (Å²) in [6.45, 7) is -0.156. The standard InChI is InChI=1S/C7H7BrFNO2/c8-5-1-2-6(9)4(3-12-10)7(5)11/h1-2,11H,3,10H2. The molecule has 0 aliphatic rings. The lowest BCUT2D eigenvalue weighted by molar-refractivity contribution is 0.119. The van der Waals surface area contributed by atoms with Gasteiger partial charge >= 0.3 is 0 Å². The summed E-state index contributed by atoms with van der Waals surface area (Å²) in [6, 6.07) is 2.63. The van der Waals surface area contributed by atoms with Crippen LogP contribution in [0.1, 0.15) is 5.56 Å². The summed E-state index contributed by atoms with van der Waals surface area (Å²) in [4.78, 5) is 4.22. The molecule has 5 heteroatoms. The van der Waals surface area contributed by atoms with Gasteiger partial charge in [0.25, 0.3) is 0 Å². The SMILES string of the molecule is NOCc1c(F)ccc(Br)c1O. The fourth-order valence-corrected chi connectivity index (χ4v) is 1.18. The number of benzene rings is 1. The summed E-state index contributed by atoms with van der Waals surface area (Å²) in [6.07, 6.45) is 0. The Kier molecular flexibility index (Phi) is 3.02. The van der Waals surface area contributed by atoms with Crippen LogP contribution in [0.3, 0.4) is 0 Å². The summed E-state index contributed by atoms with van der Waals surface area (Å²) in [7, 11) is 0. The van der Waals surface area contributed by atoms with Gasteiger partial charge in [-0.1, -0.05) is 0 Å². The molecule has 0 saturated carbocycles. The molecule has 0 unspecified atom stereocenters. The first-order valence-electron chi connectivity index (χ1n) is 3.14. The van der Waals surface area contributed by atoms with Crippen LogP contribution in [0, 0.1) is 5.82 Å². The lowest BCUT2D eigenvalue weighted by Gasteiger charge is -2.05. The average molecular weight is 236 g/mol. The number of rotatable bonds is 2. The Morgan fingerprint density at radius 1 is 1.58 bits per heavy atom. The molecule has 0 fully saturated rings. The molecule has 12 heavy (non-hydrogen) atoms. The van der Waals surface area contributed by atoms with Crippen LogP contribution in [-0.4, -0.2) is 5.11 Å². The molecule has 0 bridgehead atoms. The third-order valence-electron chi connectivity index (χ3n) is 1.40. The van der Waals surface area contributed by atoms with Crippen molar-refractivity contribution in [2.75, 3.05) is 0 Å². The quantitative estimate of drug-likeness (QED) is 0.768. The highest BCUT2D eigenvalue weighted by atomic mass is 79.9. The Hall–Kier alpha value is -0.650. The molecule has 0 aliphatic heterocycles.